The SMILES string of the molecule is O=C1CCC2CN(C(=O)CNC3CCCC3)CCC2N1. The fraction of sp³-hybridized carbons (Fsp3) is 0.867. The fourth-order valence-corrected chi connectivity index (χ4v) is 3.81. The molecule has 0 aromatic carbocycles. The molecule has 3 fully saturated rings. The summed E-state index contributed by atoms with van der Waals surface area (Å²) in [6.45, 7) is 2.08. The van der Waals surface area contributed by atoms with Gasteiger partial charge in [-0.15, -0.1) is 0 Å². The van der Waals surface area contributed by atoms with Gasteiger partial charge in [-0.3, -0.25) is 9.59 Å². The first-order valence-corrected chi connectivity index (χ1v) is 8.03. The highest BCUT2D eigenvalue weighted by Crippen LogP contribution is 2.25. The highest BCUT2D eigenvalue weighted by atomic mass is 16.2. The Balaban J connectivity index is 1.46. The number of amides is 2. The predicted octanol–water partition coefficient (Wildman–Crippen LogP) is 0.646. The van der Waals surface area contributed by atoms with Crippen LogP contribution in [-0.4, -0.2) is 48.4 Å². The topological polar surface area (TPSA) is 61.4 Å². The largest absolute Gasteiger partial charge is 0.353 e. The molecule has 0 aromatic heterocycles. The minimum Gasteiger partial charge on any atom is -0.353 e. The lowest BCUT2D eigenvalue weighted by Gasteiger charge is -2.41. The molecular weight excluding hydrogens is 254 g/mol. The van der Waals surface area contributed by atoms with Crippen molar-refractivity contribution in [2.45, 2.75) is 57.0 Å². The van der Waals surface area contributed by atoms with Crippen molar-refractivity contribution < 1.29 is 9.59 Å². The summed E-state index contributed by atoms with van der Waals surface area (Å²) in [6.07, 6.45) is 7.46. The van der Waals surface area contributed by atoms with E-state index in [9.17, 15) is 9.59 Å². The lowest BCUT2D eigenvalue weighted by molar-refractivity contribution is -0.134. The van der Waals surface area contributed by atoms with Crippen LogP contribution in [0, 0.1) is 5.92 Å². The van der Waals surface area contributed by atoms with E-state index in [2.05, 4.69) is 10.6 Å². The van der Waals surface area contributed by atoms with Gasteiger partial charge in [0.1, 0.15) is 0 Å². The number of carbonyl (C=O) groups is 2. The lowest BCUT2D eigenvalue weighted by atomic mass is 9.85. The molecule has 2 saturated heterocycles. The maximum Gasteiger partial charge on any atom is 0.236 e. The second kappa shape index (κ2) is 6.12. The number of fused-ring (bicyclic) bond motifs is 1. The zero-order valence-corrected chi connectivity index (χ0v) is 12.1. The van der Waals surface area contributed by atoms with E-state index in [1.807, 2.05) is 4.90 Å². The second-order valence-corrected chi connectivity index (χ2v) is 6.46. The number of hydrogen-bond donors (Lipinski definition) is 2. The van der Waals surface area contributed by atoms with Crippen molar-refractivity contribution in [1.29, 1.82) is 0 Å². The quantitative estimate of drug-likeness (QED) is 0.797. The van der Waals surface area contributed by atoms with E-state index in [1.165, 1.54) is 25.7 Å². The van der Waals surface area contributed by atoms with Gasteiger partial charge in [-0.05, 0) is 31.6 Å². The average molecular weight is 279 g/mol. The lowest BCUT2D eigenvalue weighted by Crippen LogP contribution is -2.56. The third-order valence-corrected chi connectivity index (χ3v) is 5.07. The first kappa shape index (κ1) is 13.9. The minimum atomic E-state index is 0.175. The summed E-state index contributed by atoms with van der Waals surface area (Å²) in [5.41, 5.74) is 0. The van der Waals surface area contributed by atoms with Crippen LogP contribution in [-0.2, 0) is 9.59 Å². The van der Waals surface area contributed by atoms with Crippen LogP contribution in [0.3, 0.4) is 0 Å². The van der Waals surface area contributed by atoms with Crippen molar-refractivity contribution in [1.82, 2.24) is 15.5 Å². The maximum atomic E-state index is 12.3. The Morgan fingerprint density at radius 3 is 2.85 bits per heavy atom. The molecule has 1 saturated carbocycles. The molecule has 3 rings (SSSR count). The highest BCUT2D eigenvalue weighted by molar-refractivity contribution is 5.79. The Hall–Kier alpha value is -1.10. The smallest absolute Gasteiger partial charge is 0.236 e. The molecule has 2 N–H and O–H groups in total. The van der Waals surface area contributed by atoms with Crippen molar-refractivity contribution in [2.24, 2.45) is 5.92 Å². The van der Waals surface area contributed by atoms with E-state index < -0.39 is 0 Å². The molecule has 2 atom stereocenters. The van der Waals surface area contributed by atoms with Crippen LogP contribution >= 0.6 is 0 Å². The molecular formula is C15H25N3O2. The van der Waals surface area contributed by atoms with Gasteiger partial charge in [-0.2, -0.15) is 0 Å². The average Bonchev–Trinajstić information content (AvgIpc) is 2.97. The van der Waals surface area contributed by atoms with Crippen molar-refractivity contribution in [3.63, 3.8) is 0 Å². The molecule has 5 heteroatoms. The fourth-order valence-electron chi connectivity index (χ4n) is 3.81. The van der Waals surface area contributed by atoms with E-state index in [4.69, 9.17) is 0 Å². The first-order chi connectivity index (χ1) is 9.72. The zero-order chi connectivity index (χ0) is 13.9. The number of nitrogens with one attached hydrogen (secondary N) is 2. The third-order valence-electron chi connectivity index (χ3n) is 5.07. The molecule has 0 spiro atoms. The Labute approximate surface area is 120 Å². The van der Waals surface area contributed by atoms with E-state index in [0.717, 1.165) is 25.9 Å². The number of likely N-dealkylation sites (tertiary alicyclic amines) is 1. The van der Waals surface area contributed by atoms with Gasteiger partial charge in [0.2, 0.25) is 11.8 Å². The molecule has 2 heterocycles. The van der Waals surface area contributed by atoms with Crippen molar-refractivity contribution in [3.8, 4) is 0 Å². The summed E-state index contributed by atoms with van der Waals surface area (Å²) >= 11 is 0. The van der Waals surface area contributed by atoms with Crippen molar-refractivity contribution in [2.75, 3.05) is 19.6 Å². The number of hydrogen-bond acceptors (Lipinski definition) is 3. The van der Waals surface area contributed by atoms with Gasteiger partial charge in [0.25, 0.3) is 0 Å². The van der Waals surface area contributed by atoms with Crippen LogP contribution in [0.4, 0.5) is 0 Å². The molecule has 0 aromatic rings. The van der Waals surface area contributed by atoms with Gasteiger partial charge in [0, 0.05) is 31.6 Å². The molecule has 0 radical (unpaired) electrons. The van der Waals surface area contributed by atoms with Gasteiger partial charge in [0.05, 0.1) is 6.54 Å². The number of piperidine rings is 2. The molecule has 3 aliphatic rings. The zero-order valence-electron chi connectivity index (χ0n) is 12.1. The van der Waals surface area contributed by atoms with E-state index in [0.29, 0.717) is 31.0 Å². The minimum absolute atomic E-state index is 0.175. The Morgan fingerprint density at radius 1 is 1.25 bits per heavy atom. The van der Waals surface area contributed by atoms with Gasteiger partial charge in [0.15, 0.2) is 0 Å². The molecule has 20 heavy (non-hydrogen) atoms. The van der Waals surface area contributed by atoms with Crippen LogP contribution in [0.15, 0.2) is 0 Å². The molecule has 2 aliphatic heterocycles. The van der Waals surface area contributed by atoms with E-state index in [-0.39, 0.29) is 11.8 Å². The van der Waals surface area contributed by atoms with Crippen LogP contribution in [0.5, 0.6) is 0 Å². The Kier molecular flexibility index (Phi) is 4.24. The van der Waals surface area contributed by atoms with Gasteiger partial charge < -0.3 is 15.5 Å². The van der Waals surface area contributed by atoms with Crippen LogP contribution in [0.1, 0.15) is 44.9 Å². The third kappa shape index (κ3) is 3.14. The summed E-state index contributed by atoms with van der Waals surface area (Å²) < 4.78 is 0. The summed E-state index contributed by atoms with van der Waals surface area (Å²) in [7, 11) is 0. The normalized spacial score (nSPS) is 31.0. The monoisotopic (exact) mass is 279 g/mol. The highest BCUT2D eigenvalue weighted by Gasteiger charge is 2.35. The summed E-state index contributed by atoms with van der Waals surface area (Å²) in [4.78, 5) is 25.6. The summed E-state index contributed by atoms with van der Waals surface area (Å²) in [6, 6.07) is 0.841. The first-order valence-electron chi connectivity index (χ1n) is 8.03. The van der Waals surface area contributed by atoms with Crippen molar-refractivity contribution >= 4 is 11.8 Å². The van der Waals surface area contributed by atoms with E-state index in [1.54, 1.807) is 0 Å². The summed E-state index contributed by atoms with van der Waals surface area (Å²) in [5, 5.41) is 6.46. The van der Waals surface area contributed by atoms with Crippen LogP contribution < -0.4 is 10.6 Å². The molecule has 1 aliphatic carbocycles. The number of nitrogens with zero attached hydrogens (tertiary/aromatic N) is 1. The van der Waals surface area contributed by atoms with Gasteiger partial charge in [-0.1, -0.05) is 12.8 Å². The van der Waals surface area contributed by atoms with Crippen LogP contribution in [0.2, 0.25) is 0 Å². The number of rotatable bonds is 3. The second-order valence-electron chi connectivity index (χ2n) is 6.46. The van der Waals surface area contributed by atoms with Gasteiger partial charge >= 0.3 is 0 Å². The van der Waals surface area contributed by atoms with E-state index >= 15 is 0 Å². The van der Waals surface area contributed by atoms with Crippen molar-refractivity contribution in [3.05, 3.63) is 0 Å². The molecule has 0 bridgehead atoms. The Bertz CT molecular complexity index is 379. The van der Waals surface area contributed by atoms with Gasteiger partial charge in [-0.25, -0.2) is 0 Å². The summed E-state index contributed by atoms with van der Waals surface area (Å²) in [5.74, 6) is 0.859. The molecule has 2 amide bonds. The molecule has 5 nitrogen and oxygen atoms in total. The number of carbonyl (C=O) groups excluding carboxylic acids is 2. The molecule has 2 unspecified atom stereocenters. The Morgan fingerprint density at radius 2 is 2.05 bits per heavy atom. The standard InChI is InChI=1S/C15H25N3O2/c19-14-6-5-11-10-18(8-7-13(11)17-14)15(20)9-16-12-3-1-2-4-12/h11-13,16H,1-10H2,(H,17,19). The predicted molar refractivity (Wildman–Crippen MR) is 76.1 cm³/mol. The van der Waals surface area contributed by atoms with Crippen LogP contribution in [0.25, 0.3) is 0 Å². The molecule has 112 valence electrons. The maximum absolute atomic E-state index is 12.3.